The minimum atomic E-state index is -4.42. The lowest BCUT2D eigenvalue weighted by molar-refractivity contribution is -0.146. The topological polar surface area (TPSA) is 30.7 Å². The van der Waals surface area contributed by atoms with Gasteiger partial charge in [0.05, 0.1) is 11.7 Å². The summed E-state index contributed by atoms with van der Waals surface area (Å²) >= 11 is 0. The van der Waals surface area contributed by atoms with E-state index in [2.05, 4.69) is 9.97 Å². The summed E-state index contributed by atoms with van der Waals surface area (Å²) in [6, 6.07) is 1.50. The Morgan fingerprint density at radius 2 is 2.07 bits per heavy atom. The lowest BCUT2D eigenvalue weighted by Gasteiger charge is -2.04. The van der Waals surface area contributed by atoms with Crippen molar-refractivity contribution in [1.29, 1.82) is 0 Å². The molecule has 0 saturated carbocycles. The number of alkyl halides is 3. The number of rotatable bonds is 0. The van der Waals surface area contributed by atoms with Crippen molar-refractivity contribution in [3.05, 3.63) is 24.3 Å². The van der Waals surface area contributed by atoms with Crippen molar-refractivity contribution >= 4 is 11.0 Å². The highest BCUT2D eigenvalue weighted by Gasteiger charge is 2.36. The van der Waals surface area contributed by atoms with E-state index in [0.717, 1.165) is 4.57 Å². The lowest BCUT2D eigenvalue weighted by Crippen LogP contribution is -2.12. The van der Waals surface area contributed by atoms with Gasteiger partial charge in [-0.3, -0.25) is 4.98 Å². The summed E-state index contributed by atoms with van der Waals surface area (Å²) in [5, 5.41) is 0. The van der Waals surface area contributed by atoms with Gasteiger partial charge in [0.15, 0.2) is 0 Å². The van der Waals surface area contributed by atoms with Crippen molar-refractivity contribution in [2.45, 2.75) is 6.18 Å². The van der Waals surface area contributed by atoms with Crippen LogP contribution in [-0.4, -0.2) is 14.5 Å². The zero-order chi connectivity index (χ0) is 10.3. The Kier molecular flexibility index (Phi) is 1.73. The number of imidazole rings is 1. The number of hydrogen-bond acceptors (Lipinski definition) is 2. The van der Waals surface area contributed by atoms with E-state index in [4.69, 9.17) is 0 Å². The molecule has 2 aromatic rings. The highest BCUT2D eigenvalue weighted by molar-refractivity contribution is 5.74. The quantitative estimate of drug-likeness (QED) is 0.652. The van der Waals surface area contributed by atoms with Gasteiger partial charge in [-0.25, -0.2) is 4.98 Å². The SMILES string of the molecule is Cn1c(C(F)(F)F)nc2cnccc21. The van der Waals surface area contributed by atoms with Gasteiger partial charge in [-0.2, -0.15) is 13.2 Å². The van der Waals surface area contributed by atoms with Crippen molar-refractivity contribution in [3.63, 3.8) is 0 Å². The van der Waals surface area contributed by atoms with Crippen LogP contribution in [0.25, 0.3) is 11.0 Å². The first kappa shape index (κ1) is 8.98. The molecule has 0 aromatic carbocycles. The molecule has 0 spiro atoms. The predicted octanol–water partition coefficient (Wildman–Crippen LogP) is 1.99. The van der Waals surface area contributed by atoms with E-state index in [1.165, 1.54) is 25.5 Å². The number of aromatic nitrogens is 3. The molecule has 0 fully saturated rings. The standard InChI is InChI=1S/C8H6F3N3/c1-14-6-2-3-12-4-5(6)13-7(14)8(9,10)11/h2-4H,1H3. The third kappa shape index (κ3) is 1.23. The lowest BCUT2D eigenvalue weighted by atomic mass is 10.4. The van der Waals surface area contributed by atoms with Crippen LogP contribution in [0.15, 0.2) is 18.5 Å². The van der Waals surface area contributed by atoms with E-state index < -0.39 is 12.0 Å². The minimum absolute atomic E-state index is 0.252. The predicted molar refractivity (Wildman–Crippen MR) is 43.5 cm³/mol. The molecule has 74 valence electrons. The summed E-state index contributed by atoms with van der Waals surface area (Å²) in [5.41, 5.74) is 0.676. The molecular formula is C8H6F3N3. The first-order valence-corrected chi connectivity index (χ1v) is 3.84. The van der Waals surface area contributed by atoms with Crippen LogP contribution >= 0.6 is 0 Å². The first-order chi connectivity index (χ1) is 6.50. The van der Waals surface area contributed by atoms with E-state index in [-0.39, 0.29) is 5.52 Å². The monoisotopic (exact) mass is 201 g/mol. The van der Waals surface area contributed by atoms with Gasteiger partial charge < -0.3 is 4.57 Å². The van der Waals surface area contributed by atoms with Crippen LogP contribution < -0.4 is 0 Å². The van der Waals surface area contributed by atoms with Gasteiger partial charge in [0.2, 0.25) is 5.82 Å². The van der Waals surface area contributed by atoms with Crippen LogP contribution in [0.2, 0.25) is 0 Å². The molecular weight excluding hydrogens is 195 g/mol. The third-order valence-electron chi connectivity index (χ3n) is 1.94. The molecule has 0 N–H and O–H groups in total. The van der Waals surface area contributed by atoms with E-state index in [9.17, 15) is 13.2 Å². The Balaban J connectivity index is 2.75. The van der Waals surface area contributed by atoms with E-state index in [1.807, 2.05) is 0 Å². The highest BCUT2D eigenvalue weighted by Crippen LogP contribution is 2.30. The maximum Gasteiger partial charge on any atom is 0.449 e. The minimum Gasteiger partial charge on any atom is -0.323 e. The number of aryl methyl sites for hydroxylation is 1. The van der Waals surface area contributed by atoms with E-state index in [0.29, 0.717) is 5.52 Å². The van der Waals surface area contributed by atoms with Crippen molar-refractivity contribution < 1.29 is 13.2 Å². The molecule has 0 radical (unpaired) electrons. The molecule has 0 aliphatic carbocycles. The summed E-state index contributed by atoms with van der Waals surface area (Å²) < 4.78 is 38.2. The van der Waals surface area contributed by atoms with Crippen LogP contribution in [-0.2, 0) is 13.2 Å². The number of fused-ring (bicyclic) bond motifs is 1. The molecule has 6 heteroatoms. The Morgan fingerprint density at radius 1 is 1.36 bits per heavy atom. The molecule has 0 amide bonds. The fraction of sp³-hybridized carbons (Fsp3) is 0.250. The number of pyridine rings is 1. The summed E-state index contributed by atoms with van der Waals surface area (Å²) in [6.07, 6.45) is -1.68. The number of halogens is 3. The molecule has 2 heterocycles. The normalized spacial score (nSPS) is 12.3. The van der Waals surface area contributed by atoms with Crippen LogP contribution in [0.4, 0.5) is 13.2 Å². The summed E-state index contributed by atoms with van der Waals surface area (Å²) in [6.45, 7) is 0. The van der Waals surface area contributed by atoms with Gasteiger partial charge in [0.1, 0.15) is 5.52 Å². The third-order valence-corrected chi connectivity index (χ3v) is 1.94. The zero-order valence-electron chi connectivity index (χ0n) is 7.21. The molecule has 0 aliphatic heterocycles. The average Bonchev–Trinajstić information content (AvgIpc) is 2.44. The fourth-order valence-corrected chi connectivity index (χ4v) is 1.31. The summed E-state index contributed by atoms with van der Waals surface area (Å²) in [7, 11) is 1.33. The maximum atomic E-state index is 12.4. The highest BCUT2D eigenvalue weighted by atomic mass is 19.4. The fourth-order valence-electron chi connectivity index (χ4n) is 1.31. The van der Waals surface area contributed by atoms with Crippen molar-refractivity contribution in [2.75, 3.05) is 0 Å². The van der Waals surface area contributed by atoms with E-state index in [1.54, 1.807) is 0 Å². The Morgan fingerprint density at radius 3 is 2.64 bits per heavy atom. The smallest absolute Gasteiger partial charge is 0.323 e. The number of nitrogens with zero attached hydrogens (tertiary/aromatic N) is 3. The molecule has 2 aromatic heterocycles. The van der Waals surface area contributed by atoms with Crippen LogP contribution in [0.3, 0.4) is 0 Å². The second-order valence-corrected chi connectivity index (χ2v) is 2.86. The molecule has 0 saturated heterocycles. The molecule has 3 nitrogen and oxygen atoms in total. The van der Waals surface area contributed by atoms with Crippen molar-refractivity contribution in [1.82, 2.24) is 14.5 Å². The Hall–Kier alpha value is -1.59. The summed E-state index contributed by atoms with van der Waals surface area (Å²) in [5.74, 6) is -0.902. The van der Waals surface area contributed by atoms with Crippen LogP contribution in [0.1, 0.15) is 5.82 Å². The van der Waals surface area contributed by atoms with Crippen molar-refractivity contribution in [2.24, 2.45) is 7.05 Å². The second kappa shape index (κ2) is 2.70. The van der Waals surface area contributed by atoms with Crippen LogP contribution in [0, 0.1) is 0 Å². The largest absolute Gasteiger partial charge is 0.449 e. The Bertz CT molecular complexity index is 472. The van der Waals surface area contributed by atoms with Gasteiger partial charge in [-0.15, -0.1) is 0 Å². The van der Waals surface area contributed by atoms with Gasteiger partial charge in [-0.05, 0) is 6.07 Å². The van der Waals surface area contributed by atoms with Gasteiger partial charge in [0.25, 0.3) is 0 Å². The molecule has 0 aliphatic rings. The molecule has 0 atom stereocenters. The first-order valence-electron chi connectivity index (χ1n) is 3.84. The molecule has 0 bridgehead atoms. The van der Waals surface area contributed by atoms with Gasteiger partial charge in [-0.1, -0.05) is 0 Å². The molecule has 2 rings (SSSR count). The van der Waals surface area contributed by atoms with Gasteiger partial charge >= 0.3 is 6.18 Å². The molecule has 14 heavy (non-hydrogen) atoms. The molecule has 0 unspecified atom stereocenters. The Labute approximate surface area is 77.2 Å². The number of hydrogen-bond donors (Lipinski definition) is 0. The zero-order valence-corrected chi connectivity index (χ0v) is 7.21. The van der Waals surface area contributed by atoms with E-state index >= 15 is 0 Å². The van der Waals surface area contributed by atoms with Crippen molar-refractivity contribution in [3.8, 4) is 0 Å². The summed E-state index contributed by atoms with van der Waals surface area (Å²) in [4.78, 5) is 7.17. The van der Waals surface area contributed by atoms with Crippen LogP contribution in [0.5, 0.6) is 0 Å². The van der Waals surface area contributed by atoms with Gasteiger partial charge in [0, 0.05) is 13.2 Å². The second-order valence-electron chi connectivity index (χ2n) is 2.86. The average molecular weight is 201 g/mol. The maximum absolute atomic E-state index is 12.4.